The zero-order valence-electron chi connectivity index (χ0n) is 11.2. The van der Waals surface area contributed by atoms with Gasteiger partial charge in [0.15, 0.2) is 5.65 Å². The summed E-state index contributed by atoms with van der Waals surface area (Å²) in [6.07, 6.45) is 1.56. The maximum atomic E-state index is 11.5. The molecular formula is C14H14N4OS. The third-order valence-corrected chi connectivity index (χ3v) is 4.17. The highest BCUT2D eigenvalue weighted by atomic mass is 32.2. The first kappa shape index (κ1) is 12.9. The largest absolute Gasteiger partial charge is 0.347 e. The minimum absolute atomic E-state index is 0.368. The van der Waals surface area contributed by atoms with Gasteiger partial charge in [-0.25, -0.2) is 9.78 Å². The number of fused-ring (bicyclic) bond motifs is 1. The third-order valence-electron chi connectivity index (χ3n) is 3.15. The van der Waals surface area contributed by atoms with Gasteiger partial charge in [0, 0.05) is 5.75 Å². The van der Waals surface area contributed by atoms with E-state index in [0.29, 0.717) is 10.7 Å². The van der Waals surface area contributed by atoms with Gasteiger partial charge in [-0.15, -0.1) is 0 Å². The number of aromatic nitrogens is 4. The number of benzene rings is 1. The van der Waals surface area contributed by atoms with Gasteiger partial charge in [0.1, 0.15) is 10.5 Å². The molecule has 3 aromatic rings. The number of H-pyrrole nitrogens is 2. The van der Waals surface area contributed by atoms with E-state index in [4.69, 9.17) is 0 Å². The Balaban J connectivity index is 1.92. The summed E-state index contributed by atoms with van der Waals surface area (Å²) in [5.41, 5.74) is 4.69. The van der Waals surface area contributed by atoms with Crippen molar-refractivity contribution in [3.8, 4) is 0 Å². The predicted molar refractivity (Wildman–Crippen MR) is 80.0 cm³/mol. The van der Waals surface area contributed by atoms with Crippen LogP contribution in [0.1, 0.15) is 16.7 Å². The first-order valence-corrected chi connectivity index (χ1v) is 7.24. The maximum absolute atomic E-state index is 11.5. The van der Waals surface area contributed by atoms with Crippen molar-refractivity contribution in [2.75, 3.05) is 0 Å². The summed E-state index contributed by atoms with van der Waals surface area (Å²) in [6, 6.07) is 6.38. The van der Waals surface area contributed by atoms with Crippen molar-refractivity contribution >= 4 is 22.9 Å². The van der Waals surface area contributed by atoms with E-state index in [1.54, 1.807) is 18.1 Å². The van der Waals surface area contributed by atoms with E-state index < -0.39 is 0 Å². The van der Waals surface area contributed by atoms with E-state index in [2.05, 4.69) is 52.0 Å². The van der Waals surface area contributed by atoms with E-state index in [0.717, 1.165) is 11.3 Å². The molecule has 1 aromatic carbocycles. The predicted octanol–water partition coefficient (Wildman–Crippen LogP) is 2.56. The lowest BCUT2D eigenvalue weighted by Crippen LogP contribution is -2.11. The molecular weight excluding hydrogens is 272 g/mol. The number of thioether (sulfide) groups is 1. The van der Waals surface area contributed by atoms with Gasteiger partial charge in [0.05, 0.1) is 6.33 Å². The van der Waals surface area contributed by atoms with E-state index in [1.807, 2.05) is 0 Å². The molecule has 5 nitrogen and oxygen atoms in total. The first-order valence-electron chi connectivity index (χ1n) is 6.26. The van der Waals surface area contributed by atoms with E-state index in [1.165, 1.54) is 16.7 Å². The Kier molecular flexibility index (Phi) is 3.31. The van der Waals surface area contributed by atoms with E-state index in [-0.39, 0.29) is 5.69 Å². The van der Waals surface area contributed by atoms with Crippen molar-refractivity contribution < 1.29 is 0 Å². The number of hydrogen-bond donors (Lipinski definition) is 2. The molecule has 0 aliphatic heterocycles. The van der Waals surface area contributed by atoms with Gasteiger partial charge in [-0.2, -0.15) is 4.98 Å². The molecule has 0 spiro atoms. The van der Waals surface area contributed by atoms with Crippen molar-refractivity contribution in [2.24, 2.45) is 0 Å². The molecule has 2 aromatic heterocycles. The molecule has 2 heterocycles. The summed E-state index contributed by atoms with van der Waals surface area (Å²) < 4.78 is 0. The van der Waals surface area contributed by atoms with Crippen molar-refractivity contribution in [1.82, 2.24) is 19.9 Å². The number of nitrogens with zero attached hydrogens (tertiary/aromatic N) is 2. The number of aromatic amines is 2. The lowest BCUT2D eigenvalue weighted by atomic mass is 10.1. The molecule has 6 heteroatoms. The van der Waals surface area contributed by atoms with Crippen LogP contribution in [0.4, 0.5) is 0 Å². The summed E-state index contributed by atoms with van der Waals surface area (Å²) in [6.45, 7) is 4.17. The van der Waals surface area contributed by atoms with Crippen LogP contribution >= 0.6 is 11.8 Å². The molecule has 0 aliphatic carbocycles. The van der Waals surface area contributed by atoms with Crippen LogP contribution in [0.25, 0.3) is 11.2 Å². The molecule has 20 heavy (non-hydrogen) atoms. The fourth-order valence-corrected chi connectivity index (χ4v) is 3.09. The van der Waals surface area contributed by atoms with Crippen LogP contribution in [-0.2, 0) is 5.75 Å². The Morgan fingerprint density at radius 3 is 3.00 bits per heavy atom. The molecule has 0 bridgehead atoms. The summed E-state index contributed by atoms with van der Waals surface area (Å²) in [4.78, 5) is 25.2. The topological polar surface area (TPSA) is 74.4 Å². The fraction of sp³-hybridized carbons (Fsp3) is 0.214. The van der Waals surface area contributed by atoms with Crippen LogP contribution in [-0.4, -0.2) is 19.9 Å². The number of nitrogens with one attached hydrogen (secondary N) is 2. The molecule has 0 aliphatic rings. The van der Waals surface area contributed by atoms with Gasteiger partial charge >= 0.3 is 5.69 Å². The van der Waals surface area contributed by atoms with Crippen molar-refractivity contribution in [3.05, 3.63) is 51.7 Å². The van der Waals surface area contributed by atoms with Crippen molar-refractivity contribution in [1.29, 1.82) is 0 Å². The van der Waals surface area contributed by atoms with Crippen LogP contribution in [0, 0.1) is 13.8 Å². The Morgan fingerprint density at radius 2 is 2.15 bits per heavy atom. The van der Waals surface area contributed by atoms with Gasteiger partial charge in [-0.05, 0) is 25.0 Å². The lowest BCUT2D eigenvalue weighted by Gasteiger charge is -2.06. The van der Waals surface area contributed by atoms with Gasteiger partial charge in [0.25, 0.3) is 0 Å². The van der Waals surface area contributed by atoms with Gasteiger partial charge in [-0.3, -0.25) is 4.98 Å². The smallest absolute Gasteiger partial charge is 0.341 e. The highest BCUT2D eigenvalue weighted by molar-refractivity contribution is 7.98. The van der Waals surface area contributed by atoms with Crippen molar-refractivity contribution in [2.45, 2.75) is 24.6 Å². The van der Waals surface area contributed by atoms with Crippen LogP contribution in [0.2, 0.25) is 0 Å². The zero-order chi connectivity index (χ0) is 14.1. The van der Waals surface area contributed by atoms with Gasteiger partial charge < -0.3 is 4.98 Å². The standard InChI is InChI=1S/C14H14N4OS/c1-8-3-4-9(2)10(5-8)6-20-13-11-12(16-7-15-11)17-14(19)18-13/h3-5,7H,6H2,1-2H3,(H2,15,16,17,18,19). The minimum atomic E-state index is -0.368. The second-order valence-electron chi connectivity index (χ2n) is 4.69. The monoisotopic (exact) mass is 286 g/mol. The van der Waals surface area contributed by atoms with Crippen LogP contribution in [0.5, 0.6) is 0 Å². The molecule has 0 amide bonds. The van der Waals surface area contributed by atoms with Crippen LogP contribution in [0.3, 0.4) is 0 Å². The van der Waals surface area contributed by atoms with Crippen molar-refractivity contribution in [3.63, 3.8) is 0 Å². The fourth-order valence-electron chi connectivity index (χ4n) is 2.04. The molecule has 0 atom stereocenters. The Hall–Kier alpha value is -2.08. The van der Waals surface area contributed by atoms with Gasteiger partial charge in [0.2, 0.25) is 0 Å². The Bertz CT molecular complexity index is 821. The number of hydrogen-bond acceptors (Lipinski definition) is 4. The van der Waals surface area contributed by atoms with Crippen LogP contribution < -0.4 is 5.69 Å². The second kappa shape index (κ2) is 5.13. The third kappa shape index (κ3) is 2.46. The number of imidazole rings is 1. The molecule has 0 saturated carbocycles. The highest BCUT2D eigenvalue weighted by Crippen LogP contribution is 2.26. The Morgan fingerprint density at radius 1 is 1.30 bits per heavy atom. The Labute approximate surface area is 119 Å². The number of rotatable bonds is 3. The van der Waals surface area contributed by atoms with E-state index in [9.17, 15) is 4.79 Å². The zero-order valence-corrected chi connectivity index (χ0v) is 12.0. The number of aryl methyl sites for hydroxylation is 2. The lowest BCUT2D eigenvalue weighted by molar-refractivity contribution is 1.01. The first-order chi connectivity index (χ1) is 9.63. The minimum Gasteiger partial charge on any atom is -0.341 e. The summed E-state index contributed by atoms with van der Waals surface area (Å²) in [7, 11) is 0. The molecule has 0 saturated heterocycles. The normalized spacial score (nSPS) is 11.1. The molecule has 2 N–H and O–H groups in total. The van der Waals surface area contributed by atoms with E-state index >= 15 is 0 Å². The summed E-state index contributed by atoms with van der Waals surface area (Å²) in [5, 5.41) is 0.683. The molecule has 3 rings (SSSR count). The highest BCUT2D eigenvalue weighted by Gasteiger charge is 2.09. The SMILES string of the molecule is Cc1ccc(C)c(CSc2nc(=O)[nH]c3nc[nH]c23)c1. The maximum Gasteiger partial charge on any atom is 0.347 e. The average Bonchev–Trinajstić information content (AvgIpc) is 2.87. The van der Waals surface area contributed by atoms with Gasteiger partial charge in [-0.1, -0.05) is 35.5 Å². The molecule has 102 valence electrons. The summed E-state index contributed by atoms with van der Waals surface area (Å²) >= 11 is 1.54. The molecule has 0 fully saturated rings. The quantitative estimate of drug-likeness (QED) is 0.573. The van der Waals surface area contributed by atoms with Crippen LogP contribution in [0.15, 0.2) is 34.3 Å². The second-order valence-corrected chi connectivity index (χ2v) is 5.66. The summed E-state index contributed by atoms with van der Waals surface area (Å²) in [5.74, 6) is 0.776. The molecule has 0 unspecified atom stereocenters. The average molecular weight is 286 g/mol. The molecule has 0 radical (unpaired) electrons.